The van der Waals surface area contributed by atoms with Crippen molar-refractivity contribution >= 4 is 16.7 Å². The fourth-order valence-corrected chi connectivity index (χ4v) is 3.67. The SMILES string of the molecule is CCc1nsc(N2CCCN(Cc3noc(C4CC4)n3)CC2)n1. The van der Waals surface area contributed by atoms with Crippen molar-refractivity contribution in [1.29, 1.82) is 0 Å². The molecule has 0 aromatic carbocycles. The molecule has 4 rings (SSSR count). The molecule has 1 aliphatic carbocycles. The molecule has 0 bridgehead atoms. The van der Waals surface area contributed by atoms with Gasteiger partial charge in [0.2, 0.25) is 11.0 Å². The van der Waals surface area contributed by atoms with Gasteiger partial charge in [-0.1, -0.05) is 12.1 Å². The molecule has 0 N–H and O–H groups in total. The van der Waals surface area contributed by atoms with Gasteiger partial charge in [0.05, 0.1) is 6.54 Å². The Kier molecular flexibility index (Phi) is 4.26. The van der Waals surface area contributed by atoms with E-state index in [2.05, 4.69) is 36.2 Å². The zero-order chi connectivity index (χ0) is 15.6. The monoisotopic (exact) mass is 334 g/mol. The number of anilines is 1. The first-order chi connectivity index (χ1) is 11.3. The standard InChI is InChI=1S/C15H22N6OS/c1-2-12-17-15(23-19-12)21-7-3-6-20(8-9-21)10-13-16-14(22-18-13)11-4-5-11/h11H,2-10H2,1H3. The van der Waals surface area contributed by atoms with E-state index in [1.165, 1.54) is 24.4 Å². The zero-order valence-corrected chi connectivity index (χ0v) is 14.3. The number of hydrogen-bond acceptors (Lipinski definition) is 8. The molecule has 7 nitrogen and oxygen atoms in total. The van der Waals surface area contributed by atoms with Gasteiger partial charge in [-0.3, -0.25) is 4.90 Å². The van der Waals surface area contributed by atoms with E-state index in [1.54, 1.807) is 0 Å². The van der Waals surface area contributed by atoms with Crippen molar-refractivity contribution in [3.8, 4) is 0 Å². The summed E-state index contributed by atoms with van der Waals surface area (Å²) >= 11 is 1.52. The maximum Gasteiger partial charge on any atom is 0.229 e. The lowest BCUT2D eigenvalue weighted by Crippen LogP contribution is -2.30. The van der Waals surface area contributed by atoms with Crippen LogP contribution in [0.5, 0.6) is 0 Å². The minimum absolute atomic E-state index is 0.529. The van der Waals surface area contributed by atoms with Crippen LogP contribution in [0.25, 0.3) is 0 Å². The van der Waals surface area contributed by atoms with Crippen LogP contribution in [0.2, 0.25) is 0 Å². The molecule has 1 saturated carbocycles. The van der Waals surface area contributed by atoms with Gasteiger partial charge in [-0.15, -0.1) is 0 Å². The molecule has 2 fully saturated rings. The Morgan fingerprint density at radius 2 is 2.04 bits per heavy atom. The van der Waals surface area contributed by atoms with Crippen molar-refractivity contribution < 1.29 is 4.52 Å². The number of hydrogen-bond donors (Lipinski definition) is 0. The first-order valence-corrected chi connectivity index (χ1v) is 9.21. The summed E-state index contributed by atoms with van der Waals surface area (Å²) in [4.78, 5) is 13.9. The molecule has 1 aliphatic heterocycles. The van der Waals surface area contributed by atoms with Crippen molar-refractivity contribution in [2.24, 2.45) is 0 Å². The van der Waals surface area contributed by atoms with E-state index in [9.17, 15) is 0 Å². The van der Waals surface area contributed by atoms with Crippen LogP contribution in [0.15, 0.2) is 4.52 Å². The maximum absolute atomic E-state index is 5.35. The van der Waals surface area contributed by atoms with Crippen LogP contribution >= 0.6 is 11.5 Å². The van der Waals surface area contributed by atoms with Gasteiger partial charge in [0.15, 0.2) is 5.82 Å². The summed E-state index contributed by atoms with van der Waals surface area (Å²) < 4.78 is 9.75. The molecule has 0 spiro atoms. The highest BCUT2D eigenvalue weighted by atomic mass is 32.1. The van der Waals surface area contributed by atoms with Gasteiger partial charge in [0.25, 0.3) is 0 Å². The van der Waals surface area contributed by atoms with Crippen molar-refractivity contribution in [2.75, 3.05) is 31.1 Å². The summed E-state index contributed by atoms with van der Waals surface area (Å²) in [7, 11) is 0. The summed E-state index contributed by atoms with van der Waals surface area (Å²) in [5, 5.41) is 5.19. The third-order valence-corrected chi connectivity index (χ3v) is 5.22. The number of aryl methyl sites for hydroxylation is 1. The average Bonchev–Trinajstić information content (AvgIpc) is 3.20. The summed E-state index contributed by atoms with van der Waals surface area (Å²) in [6, 6.07) is 0. The highest BCUT2D eigenvalue weighted by Gasteiger charge is 2.30. The average molecular weight is 334 g/mol. The maximum atomic E-state index is 5.35. The number of nitrogens with zero attached hydrogens (tertiary/aromatic N) is 6. The summed E-state index contributed by atoms with van der Waals surface area (Å²) in [5.74, 6) is 3.13. The number of rotatable bonds is 5. The zero-order valence-electron chi connectivity index (χ0n) is 13.4. The lowest BCUT2D eigenvalue weighted by molar-refractivity contribution is 0.271. The molecule has 0 amide bonds. The van der Waals surface area contributed by atoms with Crippen molar-refractivity contribution in [1.82, 2.24) is 24.4 Å². The van der Waals surface area contributed by atoms with Gasteiger partial charge in [-0.2, -0.15) is 9.36 Å². The molecule has 0 radical (unpaired) electrons. The summed E-state index contributed by atoms with van der Waals surface area (Å²) in [6.45, 7) is 6.94. The fraction of sp³-hybridized carbons (Fsp3) is 0.733. The van der Waals surface area contributed by atoms with Gasteiger partial charge in [0, 0.05) is 50.1 Å². The minimum atomic E-state index is 0.529. The van der Waals surface area contributed by atoms with Gasteiger partial charge in [-0.05, 0) is 19.3 Å². The molecule has 8 heteroatoms. The predicted molar refractivity (Wildman–Crippen MR) is 87.7 cm³/mol. The Labute approximate surface area is 139 Å². The normalized spacial score (nSPS) is 20.0. The molecule has 0 unspecified atom stereocenters. The Bertz CT molecular complexity index is 652. The largest absolute Gasteiger partial charge is 0.346 e. The Morgan fingerprint density at radius 3 is 2.83 bits per heavy atom. The van der Waals surface area contributed by atoms with Crippen LogP contribution in [0.3, 0.4) is 0 Å². The second-order valence-corrected chi connectivity index (χ2v) is 7.02. The van der Waals surface area contributed by atoms with E-state index in [0.717, 1.165) is 68.2 Å². The minimum Gasteiger partial charge on any atom is -0.346 e. The van der Waals surface area contributed by atoms with Crippen molar-refractivity contribution in [3.05, 3.63) is 17.5 Å². The molecule has 2 aromatic rings. The van der Waals surface area contributed by atoms with Crippen LogP contribution in [0.4, 0.5) is 5.13 Å². The Morgan fingerprint density at radius 1 is 1.13 bits per heavy atom. The quantitative estimate of drug-likeness (QED) is 0.829. The van der Waals surface area contributed by atoms with Crippen molar-refractivity contribution in [2.45, 2.75) is 45.1 Å². The van der Waals surface area contributed by atoms with Crippen LogP contribution < -0.4 is 4.90 Å². The molecule has 124 valence electrons. The van der Waals surface area contributed by atoms with Gasteiger partial charge >= 0.3 is 0 Å². The Hall–Kier alpha value is -1.54. The topological polar surface area (TPSA) is 71.2 Å². The van der Waals surface area contributed by atoms with E-state index in [-0.39, 0.29) is 0 Å². The first kappa shape index (κ1) is 15.0. The van der Waals surface area contributed by atoms with E-state index in [1.807, 2.05) is 0 Å². The van der Waals surface area contributed by atoms with E-state index in [4.69, 9.17) is 4.52 Å². The predicted octanol–water partition coefficient (Wildman–Crippen LogP) is 2.07. The lowest BCUT2D eigenvalue weighted by Gasteiger charge is -2.19. The summed E-state index contributed by atoms with van der Waals surface area (Å²) in [6.07, 6.45) is 4.41. The second-order valence-electron chi connectivity index (χ2n) is 6.29. The van der Waals surface area contributed by atoms with Gasteiger partial charge in [-0.25, -0.2) is 4.98 Å². The highest BCUT2D eigenvalue weighted by Crippen LogP contribution is 2.38. The highest BCUT2D eigenvalue weighted by molar-refractivity contribution is 7.09. The van der Waals surface area contributed by atoms with Gasteiger partial charge < -0.3 is 9.42 Å². The van der Waals surface area contributed by atoms with Crippen LogP contribution in [0, 0.1) is 0 Å². The third kappa shape index (κ3) is 3.53. The first-order valence-electron chi connectivity index (χ1n) is 8.44. The second kappa shape index (κ2) is 6.52. The molecular weight excluding hydrogens is 312 g/mol. The Balaban J connectivity index is 1.34. The van der Waals surface area contributed by atoms with Crippen molar-refractivity contribution in [3.63, 3.8) is 0 Å². The molecule has 2 aliphatic rings. The van der Waals surface area contributed by atoms with Crippen LogP contribution in [-0.4, -0.2) is 50.6 Å². The summed E-state index contributed by atoms with van der Waals surface area (Å²) in [5.41, 5.74) is 0. The molecule has 0 atom stereocenters. The van der Waals surface area contributed by atoms with E-state index >= 15 is 0 Å². The van der Waals surface area contributed by atoms with Crippen LogP contribution in [0.1, 0.15) is 49.6 Å². The number of aromatic nitrogens is 4. The fourth-order valence-electron chi connectivity index (χ4n) is 2.86. The van der Waals surface area contributed by atoms with E-state index in [0.29, 0.717) is 5.92 Å². The molecule has 2 aromatic heterocycles. The van der Waals surface area contributed by atoms with Crippen LogP contribution in [-0.2, 0) is 13.0 Å². The smallest absolute Gasteiger partial charge is 0.229 e. The third-order valence-electron chi connectivity index (χ3n) is 4.41. The lowest BCUT2D eigenvalue weighted by atomic mass is 10.4. The van der Waals surface area contributed by atoms with E-state index < -0.39 is 0 Å². The van der Waals surface area contributed by atoms with Gasteiger partial charge in [0.1, 0.15) is 5.82 Å². The molecule has 23 heavy (non-hydrogen) atoms. The molecule has 3 heterocycles. The molecule has 1 saturated heterocycles. The molecular formula is C15H22N6OS.